The number of rotatable bonds is 4. The van der Waals surface area contributed by atoms with Crippen LogP contribution in [0.3, 0.4) is 0 Å². The molecule has 0 N–H and O–H groups in total. The number of hydrogen-bond acceptors (Lipinski definition) is 2. The first kappa shape index (κ1) is 20.1. The summed E-state index contributed by atoms with van der Waals surface area (Å²) in [5.74, 6) is -3.89. The molecule has 3 heterocycles. The van der Waals surface area contributed by atoms with Gasteiger partial charge in [-0.05, 0) is 37.2 Å². The fraction of sp³-hybridized carbons (Fsp3) is 0.500. The van der Waals surface area contributed by atoms with Crippen molar-refractivity contribution in [1.82, 2.24) is 14.0 Å². The van der Waals surface area contributed by atoms with E-state index < -0.39 is 30.0 Å². The summed E-state index contributed by atoms with van der Waals surface area (Å²) in [6.45, 7) is 0.706. The molecule has 2 atom stereocenters. The van der Waals surface area contributed by atoms with Crippen molar-refractivity contribution in [3.63, 3.8) is 0 Å². The van der Waals surface area contributed by atoms with Crippen LogP contribution in [0.4, 0.5) is 17.6 Å². The summed E-state index contributed by atoms with van der Waals surface area (Å²) in [4.78, 5) is 14.4. The average Bonchev–Trinajstić information content (AvgIpc) is 3.39. The van der Waals surface area contributed by atoms with Crippen LogP contribution < -0.4 is 0 Å². The molecule has 4 nitrogen and oxygen atoms in total. The third kappa shape index (κ3) is 3.39. The molecule has 156 valence electrons. The number of carbonyl (C=O) groups excluding carboxylic acids is 1. The SMILES string of the molecule is Cn1c(CC(=O)N2CCC(CF)C2)c2n(c1=S)C[C@@H](c1c(F)ccc(F)c1F)C2. The van der Waals surface area contributed by atoms with Crippen molar-refractivity contribution in [1.29, 1.82) is 0 Å². The van der Waals surface area contributed by atoms with Gasteiger partial charge in [-0.3, -0.25) is 9.18 Å². The minimum Gasteiger partial charge on any atom is -0.342 e. The second-order valence-corrected chi connectivity index (χ2v) is 8.19. The van der Waals surface area contributed by atoms with E-state index in [-0.39, 0.29) is 36.8 Å². The molecule has 1 fully saturated rings. The maximum absolute atomic E-state index is 14.3. The summed E-state index contributed by atoms with van der Waals surface area (Å²) in [5, 5.41) is 0. The van der Waals surface area contributed by atoms with Gasteiger partial charge in [0.05, 0.1) is 13.1 Å². The maximum Gasteiger partial charge on any atom is 0.228 e. The number of imidazole rings is 1. The molecule has 0 spiro atoms. The monoisotopic (exact) mass is 427 g/mol. The van der Waals surface area contributed by atoms with E-state index >= 15 is 0 Å². The van der Waals surface area contributed by atoms with Crippen LogP contribution in [0.25, 0.3) is 0 Å². The predicted molar refractivity (Wildman–Crippen MR) is 101 cm³/mol. The fourth-order valence-electron chi connectivity index (χ4n) is 4.47. The van der Waals surface area contributed by atoms with Crippen LogP contribution in [0.5, 0.6) is 0 Å². The molecule has 0 bridgehead atoms. The van der Waals surface area contributed by atoms with E-state index in [4.69, 9.17) is 12.2 Å². The standard InChI is InChI=1S/C20H21F4N3OS/c1-25-15(7-17(28)26-5-4-11(8-21)9-26)16-6-12(10-27(16)20(25)29)18-13(22)2-3-14(23)19(18)24/h2-3,11-12H,4-10H2,1H3/t11?,12-/m0/s1. The van der Waals surface area contributed by atoms with Crippen LogP contribution in [-0.2, 0) is 31.2 Å². The Bertz CT molecular complexity index is 1030. The molecule has 2 aliphatic rings. The Morgan fingerprint density at radius 3 is 2.62 bits per heavy atom. The van der Waals surface area contributed by atoms with Gasteiger partial charge in [0.15, 0.2) is 16.4 Å². The van der Waals surface area contributed by atoms with Gasteiger partial charge in [0.2, 0.25) is 5.91 Å². The van der Waals surface area contributed by atoms with Crippen LogP contribution >= 0.6 is 12.2 Å². The van der Waals surface area contributed by atoms with Gasteiger partial charge in [-0.2, -0.15) is 0 Å². The topological polar surface area (TPSA) is 30.2 Å². The van der Waals surface area contributed by atoms with E-state index in [9.17, 15) is 22.4 Å². The smallest absolute Gasteiger partial charge is 0.228 e. The number of halogens is 4. The van der Waals surface area contributed by atoms with Crippen molar-refractivity contribution in [2.45, 2.75) is 31.7 Å². The van der Waals surface area contributed by atoms with Gasteiger partial charge in [0, 0.05) is 55.5 Å². The van der Waals surface area contributed by atoms with Crippen molar-refractivity contribution in [2.24, 2.45) is 13.0 Å². The Balaban J connectivity index is 1.61. The van der Waals surface area contributed by atoms with Gasteiger partial charge in [-0.1, -0.05) is 0 Å². The molecule has 0 radical (unpaired) electrons. The number of amides is 1. The van der Waals surface area contributed by atoms with E-state index in [1.54, 1.807) is 21.1 Å². The van der Waals surface area contributed by atoms with Crippen molar-refractivity contribution in [3.05, 3.63) is 51.3 Å². The van der Waals surface area contributed by atoms with Crippen LogP contribution in [-0.4, -0.2) is 39.7 Å². The Morgan fingerprint density at radius 2 is 1.93 bits per heavy atom. The van der Waals surface area contributed by atoms with Crippen LogP contribution in [0, 0.1) is 28.1 Å². The normalized spacial score (nSPS) is 21.1. The molecular weight excluding hydrogens is 406 g/mol. The van der Waals surface area contributed by atoms with Crippen molar-refractivity contribution < 1.29 is 22.4 Å². The summed E-state index contributed by atoms with van der Waals surface area (Å²) >= 11 is 5.45. The van der Waals surface area contributed by atoms with Crippen molar-refractivity contribution >= 4 is 18.1 Å². The van der Waals surface area contributed by atoms with Crippen LogP contribution in [0.15, 0.2) is 12.1 Å². The number of benzene rings is 1. The van der Waals surface area contributed by atoms with Crippen LogP contribution in [0.1, 0.15) is 29.3 Å². The maximum atomic E-state index is 14.3. The minimum absolute atomic E-state index is 0.0856. The molecule has 1 aromatic carbocycles. The number of aromatic nitrogens is 2. The third-order valence-electron chi connectivity index (χ3n) is 6.09. The van der Waals surface area contributed by atoms with Crippen molar-refractivity contribution in [3.8, 4) is 0 Å². The zero-order chi connectivity index (χ0) is 20.9. The van der Waals surface area contributed by atoms with Gasteiger partial charge >= 0.3 is 0 Å². The summed E-state index contributed by atoms with van der Waals surface area (Å²) in [6, 6.07) is 1.70. The van der Waals surface area contributed by atoms with E-state index in [1.165, 1.54) is 0 Å². The lowest BCUT2D eigenvalue weighted by Gasteiger charge is -2.17. The highest BCUT2D eigenvalue weighted by atomic mass is 32.1. The fourth-order valence-corrected chi connectivity index (χ4v) is 4.76. The average molecular weight is 427 g/mol. The predicted octanol–water partition coefficient (Wildman–Crippen LogP) is 3.67. The zero-order valence-corrected chi connectivity index (χ0v) is 16.7. The Morgan fingerprint density at radius 1 is 1.21 bits per heavy atom. The zero-order valence-electron chi connectivity index (χ0n) is 15.9. The summed E-state index contributed by atoms with van der Waals surface area (Å²) < 4.78 is 59.0. The van der Waals surface area contributed by atoms with E-state index in [0.717, 1.165) is 17.8 Å². The Hall–Kier alpha value is -2.16. The van der Waals surface area contributed by atoms with E-state index in [0.29, 0.717) is 30.0 Å². The van der Waals surface area contributed by atoms with Gasteiger partial charge in [-0.25, -0.2) is 13.2 Å². The molecule has 9 heteroatoms. The number of alkyl halides is 1. The molecule has 0 aliphatic carbocycles. The second kappa shape index (κ2) is 7.59. The van der Waals surface area contributed by atoms with E-state index in [2.05, 4.69) is 0 Å². The first-order valence-corrected chi connectivity index (χ1v) is 9.97. The molecule has 0 saturated carbocycles. The molecule has 1 unspecified atom stereocenters. The molecule has 4 rings (SSSR count). The number of fused-ring (bicyclic) bond motifs is 1. The Labute approximate surface area is 170 Å². The second-order valence-electron chi connectivity index (χ2n) is 7.83. The Kier molecular flexibility index (Phi) is 5.27. The largest absolute Gasteiger partial charge is 0.342 e. The highest BCUT2D eigenvalue weighted by molar-refractivity contribution is 7.71. The molecule has 29 heavy (non-hydrogen) atoms. The van der Waals surface area contributed by atoms with Gasteiger partial charge < -0.3 is 14.0 Å². The third-order valence-corrected chi connectivity index (χ3v) is 6.58. The summed E-state index contributed by atoms with van der Waals surface area (Å²) in [7, 11) is 1.75. The molecule has 1 amide bonds. The summed E-state index contributed by atoms with van der Waals surface area (Å²) in [6.07, 6.45) is 0.995. The number of carbonyl (C=O) groups is 1. The molecule has 1 aromatic heterocycles. The lowest BCUT2D eigenvalue weighted by atomic mass is 9.95. The van der Waals surface area contributed by atoms with E-state index in [1.807, 2.05) is 0 Å². The summed E-state index contributed by atoms with van der Waals surface area (Å²) in [5.41, 5.74) is 1.14. The van der Waals surface area contributed by atoms with Gasteiger partial charge in [0.25, 0.3) is 0 Å². The molecule has 2 aromatic rings. The molecule has 1 saturated heterocycles. The quantitative estimate of drug-likeness (QED) is 0.423. The first-order chi connectivity index (χ1) is 13.8. The highest BCUT2D eigenvalue weighted by Crippen LogP contribution is 2.36. The number of nitrogens with zero attached hydrogens (tertiary/aromatic N) is 3. The highest BCUT2D eigenvalue weighted by Gasteiger charge is 2.34. The number of hydrogen-bond donors (Lipinski definition) is 0. The first-order valence-electron chi connectivity index (χ1n) is 9.56. The van der Waals surface area contributed by atoms with Gasteiger partial charge in [-0.15, -0.1) is 0 Å². The van der Waals surface area contributed by atoms with Crippen molar-refractivity contribution in [2.75, 3.05) is 19.8 Å². The van der Waals surface area contributed by atoms with Crippen LogP contribution in [0.2, 0.25) is 0 Å². The van der Waals surface area contributed by atoms with Gasteiger partial charge in [0.1, 0.15) is 5.82 Å². The minimum atomic E-state index is -1.18. The lowest BCUT2D eigenvalue weighted by Crippen LogP contribution is -2.31. The number of likely N-dealkylation sites (tertiary alicyclic amines) is 1. The molecular formula is C20H21F4N3OS. The lowest BCUT2D eigenvalue weighted by molar-refractivity contribution is -0.129. The molecule has 2 aliphatic heterocycles.